The number of unbranched alkanes of at least 4 members (excludes halogenated alkanes) is 1. The standard InChI is InChI=1S/C29H29ClN2O4/c1-3-4-17-35-23-15-13-21(14-16-23)20(2)31-28(33)19-32-25-11-7-8-12-26(25)36-27(29(32)34)18-22-9-5-6-10-24(22)30/h5-16,18,20H,3-4,17,19H2,1-2H3,(H,31,33). The van der Waals surface area contributed by atoms with Crippen LogP contribution in [-0.2, 0) is 9.59 Å². The zero-order chi connectivity index (χ0) is 25.5. The summed E-state index contributed by atoms with van der Waals surface area (Å²) >= 11 is 6.27. The van der Waals surface area contributed by atoms with Crippen LogP contribution in [-0.4, -0.2) is 25.0 Å². The Morgan fingerprint density at radius 2 is 1.81 bits per heavy atom. The van der Waals surface area contributed by atoms with Crippen LogP contribution < -0.4 is 19.7 Å². The molecule has 0 bridgehead atoms. The summed E-state index contributed by atoms with van der Waals surface area (Å²) in [5, 5.41) is 3.49. The number of carbonyl (C=O) groups excluding carboxylic acids is 2. The number of hydrogen-bond acceptors (Lipinski definition) is 4. The van der Waals surface area contributed by atoms with E-state index in [-0.39, 0.29) is 24.3 Å². The van der Waals surface area contributed by atoms with Crippen molar-refractivity contribution in [1.82, 2.24) is 5.32 Å². The molecule has 7 heteroatoms. The molecule has 3 aromatic rings. The minimum Gasteiger partial charge on any atom is -0.494 e. The number of rotatable bonds is 9. The molecule has 1 aliphatic heterocycles. The van der Waals surface area contributed by atoms with E-state index >= 15 is 0 Å². The number of hydrogen-bond donors (Lipinski definition) is 1. The monoisotopic (exact) mass is 504 g/mol. The first-order valence-electron chi connectivity index (χ1n) is 12.0. The van der Waals surface area contributed by atoms with Gasteiger partial charge in [0.05, 0.1) is 18.3 Å². The van der Waals surface area contributed by atoms with Gasteiger partial charge in [-0.05, 0) is 60.9 Å². The molecule has 1 atom stereocenters. The van der Waals surface area contributed by atoms with Crippen LogP contribution in [0.2, 0.25) is 5.02 Å². The van der Waals surface area contributed by atoms with E-state index in [1.54, 1.807) is 36.4 Å². The average molecular weight is 505 g/mol. The van der Waals surface area contributed by atoms with E-state index < -0.39 is 5.91 Å². The number of fused-ring (bicyclic) bond motifs is 1. The van der Waals surface area contributed by atoms with Gasteiger partial charge in [0.1, 0.15) is 12.3 Å². The molecule has 1 heterocycles. The number of carbonyl (C=O) groups is 2. The predicted octanol–water partition coefficient (Wildman–Crippen LogP) is 6.16. The van der Waals surface area contributed by atoms with Gasteiger partial charge in [-0.15, -0.1) is 0 Å². The Morgan fingerprint density at radius 1 is 1.08 bits per heavy atom. The van der Waals surface area contributed by atoms with Gasteiger partial charge in [-0.3, -0.25) is 14.5 Å². The van der Waals surface area contributed by atoms with Gasteiger partial charge >= 0.3 is 0 Å². The molecule has 0 saturated carbocycles. The van der Waals surface area contributed by atoms with Crippen molar-refractivity contribution in [2.24, 2.45) is 0 Å². The lowest BCUT2D eigenvalue weighted by molar-refractivity contribution is -0.123. The van der Waals surface area contributed by atoms with Crippen molar-refractivity contribution in [3.05, 3.63) is 94.7 Å². The Hall–Kier alpha value is -3.77. The van der Waals surface area contributed by atoms with E-state index in [0.29, 0.717) is 28.6 Å². The molecule has 1 unspecified atom stereocenters. The van der Waals surface area contributed by atoms with Gasteiger partial charge in [-0.25, -0.2) is 0 Å². The highest BCUT2D eigenvalue weighted by atomic mass is 35.5. The average Bonchev–Trinajstić information content (AvgIpc) is 2.88. The molecule has 186 valence electrons. The smallest absolute Gasteiger partial charge is 0.294 e. The highest BCUT2D eigenvalue weighted by Gasteiger charge is 2.32. The molecule has 2 amide bonds. The number of ether oxygens (including phenoxy) is 2. The predicted molar refractivity (Wildman–Crippen MR) is 142 cm³/mol. The van der Waals surface area contributed by atoms with Gasteiger partial charge in [0.25, 0.3) is 5.91 Å². The molecule has 6 nitrogen and oxygen atoms in total. The molecular formula is C29H29ClN2O4. The third kappa shape index (κ3) is 6.07. The van der Waals surface area contributed by atoms with Crippen molar-refractivity contribution in [2.75, 3.05) is 18.1 Å². The summed E-state index contributed by atoms with van der Waals surface area (Å²) in [5.41, 5.74) is 2.14. The van der Waals surface area contributed by atoms with Gasteiger partial charge in [0, 0.05) is 5.02 Å². The molecule has 0 aliphatic carbocycles. The summed E-state index contributed by atoms with van der Waals surface area (Å²) in [6, 6.07) is 21.8. The van der Waals surface area contributed by atoms with Crippen molar-refractivity contribution in [3.8, 4) is 11.5 Å². The fourth-order valence-corrected chi connectivity index (χ4v) is 4.04. The quantitative estimate of drug-likeness (QED) is 0.280. The maximum atomic E-state index is 13.3. The van der Waals surface area contributed by atoms with Crippen LogP contribution in [0.25, 0.3) is 6.08 Å². The van der Waals surface area contributed by atoms with Crippen LogP contribution in [0.5, 0.6) is 11.5 Å². The van der Waals surface area contributed by atoms with Crippen molar-refractivity contribution < 1.29 is 19.1 Å². The number of benzene rings is 3. The van der Waals surface area contributed by atoms with Crippen molar-refractivity contribution >= 4 is 35.2 Å². The number of halogens is 1. The molecule has 0 radical (unpaired) electrons. The summed E-state index contributed by atoms with van der Waals surface area (Å²) in [6.45, 7) is 4.56. The van der Waals surface area contributed by atoms with Crippen molar-refractivity contribution in [2.45, 2.75) is 32.7 Å². The van der Waals surface area contributed by atoms with E-state index in [1.807, 2.05) is 49.4 Å². The highest BCUT2D eigenvalue weighted by Crippen LogP contribution is 2.36. The van der Waals surface area contributed by atoms with Gasteiger partial charge in [0.2, 0.25) is 5.91 Å². The highest BCUT2D eigenvalue weighted by molar-refractivity contribution is 6.32. The molecular weight excluding hydrogens is 476 g/mol. The zero-order valence-corrected chi connectivity index (χ0v) is 21.1. The lowest BCUT2D eigenvalue weighted by atomic mass is 10.1. The maximum Gasteiger partial charge on any atom is 0.294 e. The largest absolute Gasteiger partial charge is 0.494 e. The maximum absolute atomic E-state index is 13.3. The molecule has 1 aliphatic rings. The number of anilines is 1. The van der Waals surface area contributed by atoms with E-state index in [9.17, 15) is 9.59 Å². The van der Waals surface area contributed by atoms with E-state index in [2.05, 4.69) is 12.2 Å². The summed E-state index contributed by atoms with van der Waals surface area (Å²) in [4.78, 5) is 27.8. The van der Waals surface area contributed by atoms with Crippen LogP contribution in [0.15, 0.2) is 78.6 Å². The van der Waals surface area contributed by atoms with E-state index in [0.717, 1.165) is 24.2 Å². The number of nitrogens with one attached hydrogen (secondary N) is 1. The lowest BCUT2D eigenvalue weighted by Crippen LogP contribution is -2.44. The molecule has 1 N–H and O–H groups in total. The van der Waals surface area contributed by atoms with Crippen molar-refractivity contribution in [1.29, 1.82) is 0 Å². The normalized spacial score (nSPS) is 14.7. The molecule has 0 spiro atoms. The Morgan fingerprint density at radius 3 is 2.56 bits per heavy atom. The van der Waals surface area contributed by atoms with Crippen LogP contribution >= 0.6 is 11.6 Å². The molecule has 4 rings (SSSR count). The summed E-state index contributed by atoms with van der Waals surface area (Å²) in [7, 11) is 0. The fraction of sp³-hybridized carbons (Fsp3) is 0.241. The lowest BCUT2D eigenvalue weighted by Gasteiger charge is -2.30. The van der Waals surface area contributed by atoms with Crippen molar-refractivity contribution in [3.63, 3.8) is 0 Å². The minimum atomic E-state index is -0.412. The van der Waals surface area contributed by atoms with E-state index in [4.69, 9.17) is 21.1 Å². The summed E-state index contributed by atoms with van der Waals surface area (Å²) in [5.74, 6) is 0.702. The van der Waals surface area contributed by atoms with Crippen LogP contribution in [0, 0.1) is 0 Å². The first-order valence-corrected chi connectivity index (χ1v) is 12.4. The molecule has 0 aromatic heterocycles. The second-order valence-corrected chi connectivity index (χ2v) is 8.96. The third-order valence-electron chi connectivity index (χ3n) is 5.85. The van der Waals surface area contributed by atoms with Crippen LogP contribution in [0.3, 0.4) is 0 Å². The SMILES string of the molecule is CCCCOc1ccc(C(C)NC(=O)CN2C(=O)C(=Cc3ccccc3Cl)Oc3ccccc32)cc1. The Balaban J connectivity index is 1.47. The van der Waals surface area contributed by atoms with Crippen LogP contribution in [0.4, 0.5) is 5.69 Å². The first-order chi connectivity index (χ1) is 17.5. The van der Waals surface area contributed by atoms with Gasteiger partial charge in [-0.1, -0.05) is 67.4 Å². The Bertz CT molecular complexity index is 1260. The molecule has 3 aromatic carbocycles. The van der Waals surface area contributed by atoms with Gasteiger partial charge in [0.15, 0.2) is 11.5 Å². The first kappa shape index (κ1) is 25.3. The van der Waals surface area contributed by atoms with Gasteiger partial charge in [-0.2, -0.15) is 0 Å². The third-order valence-corrected chi connectivity index (χ3v) is 6.19. The Kier molecular flexibility index (Phi) is 8.28. The molecule has 0 saturated heterocycles. The van der Waals surface area contributed by atoms with Gasteiger partial charge < -0.3 is 14.8 Å². The zero-order valence-electron chi connectivity index (χ0n) is 20.4. The number of para-hydroxylation sites is 2. The van der Waals surface area contributed by atoms with Crippen LogP contribution in [0.1, 0.15) is 43.9 Å². The second kappa shape index (κ2) is 11.8. The summed E-state index contributed by atoms with van der Waals surface area (Å²) < 4.78 is 11.6. The van der Waals surface area contributed by atoms with E-state index in [1.165, 1.54) is 4.90 Å². The number of amides is 2. The number of nitrogens with zero attached hydrogens (tertiary/aromatic N) is 1. The summed E-state index contributed by atoms with van der Waals surface area (Å²) in [6.07, 6.45) is 3.68. The topological polar surface area (TPSA) is 67.9 Å². The Labute approximate surface area is 216 Å². The minimum absolute atomic E-state index is 0.0984. The molecule has 36 heavy (non-hydrogen) atoms. The second-order valence-electron chi connectivity index (χ2n) is 8.55. The molecule has 0 fully saturated rings. The fourth-order valence-electron chi connectivity index (χ4n) is 3.85.